The first-order valence-corrected chi connectivity index (χ1v) is 7.31. The van der Waals surface area contributed by atoms with E-state index in [0.29, 0.717) is 18.7 Å². The molecule has 1 N–H and O–H groups in total. The zero-order valence-electron chi connectivity index (χ0n) is 13.2. The molecule has 7 heteroatoms. The number of carboxylic acid groups (broad SMARTS) is 1. The summed E-state index contributed by atoms with van der Waals surface area (Å²) in [5.74, 6) is -2.04. The van der Waals surface area contributed by atoms with E-state index in [0.717, 1.165) is 0 Å². The fourth-order valence-corrected chi connectivity index (χ4v) is 2.86. The van der Waals surface area contributed by atoms with Gasteiger partial charge in [0.05, 0.1) is 5.92 Å². The summed E-state index contributed by atoms with van der Waals surface area (Å²) in [5, 5.41) is 9.44. The minimum absolute atomic E-state index is 0.165. The molecule has 0 spiro atoms. The maximum absolute atomic E-state index is 12.2. The zero-order chi connectivity index (χ0) is 17.4. The highest BCUT2D eigenvalue weighted by Crippen LogP contribution is 2.37. The van der Waals surface area contributed by atoms with Gasteiger partial charge < -0.3 is 9.84 Å². The van der Waals surface area contributed by atoms with Crippen LogP contribution in [-0.4, -0.2) is 41.0 Å². The summed E-state index contributed by atoms with van der Waals surface area (Å²) in [6, 6.07) is 5.46. The molecule has 0 bridgehead atoms. The number of alkyl halides is 3. The third-order valence-electron chi connectivity index (χ3n) is 4.13. The molecular formula is C16H20F3NO3. The molecule has 0 saturated carbocycles. The van der Waals surface area contributed by atoms with Gasteiger partial charge in [0.2, 0.25) is 0 Å². The zero-order valence-corrected chi connectivity index (χ0v) is 13.2. The molecule has 1 fully saturated rings. The molecule has 1 aromatic rings. The molecule has 1 aliphatic rings. The molecule has 0 aliphatic carbocycles. The summed E-state index contributed by atoms with van der Waals surface area (Å²) < 4.78 is 40.4. The van der Waals surface area contributed by atoms with Crippen molar-refractivity contribution in [1.29, 1.82) is 0 Å². The van der Waals surface area contributed by atoms with E-state index in [4.69, 9.17) is 0 Å². The molecule has 1 aromatic carbocycles. The van der Waals surface area contributed by atoms with Gasteiger partial charge in [-0.25, -0.2) is 0 Å². The van der Waals surface area contributed by atoms with Crippen molar-refractivity contribution in [3.63, 3.8) is 0 Å². The lowest BCUT2D eigenvalue weighted by Crippen LogP contribution is -2.40. The molecule has 0 radical (unpaired) electrons. The Balaban J connectivity index is 2.20. The molecular weight excluding hydrogens is 311 g/mol. The number of hydrogen-bond donors (Lipinski definition) is 1. The topological polar surface area (TPSA) is 49.8 Å². The molecule has 2 rings (SSSR count). The predicted octanol–water partition coefficient (Wildman–Crippen LogP) is 3.48. The second-order valence-electron chi connectivity index (χ2n) is 6.74. The fraction of sp³-hybridized carbons (Fsp3) is 0.562. The van der Waals surface area contributed by atoms with Gasteiger partial charge >= 0.3 is 12.3 Å². The first-order chi connectivity index (χ1) is 10.5. The van der Waals surface area contributed by atoms with Crippen molar-refractivity contribution in [2.75, 3.05) is 13.1 Å². The molecule has 1 saturated heterocycles. The lowest BCUT2D eigenvalue weighted by Gasteiger charge is -2.31. The van der Waals surface area contributed by atoms with E-state index in [1.54, 1.807) is 0 Å². The van der Waals surface area contributed by atoms with Crippen LogP contribution in [0.1, 0.15) is 32.3 Å². The number of hydrogen-bond acceptors (Lipinski definition) is 3. The fourth-order valence-electron chi connectivity index (χ4n) is 2.86. The molecule has 1 heterocycles. The number of carbonyl (C=O) groups is 1. The van der Waals surface area contributed by atoms with Crippen molar-refractivity contribution >= 4 is 5.97 Å². The average Bonchev–Trinajstić information content (AvgIpc) is 2.82. The molecule has 0 unspecified atom stereocenters. The molecule has 1 aliphatic heterocycles. The average molecular weight is 331 g/mol. The standard InChI is InChI=1S/C16H20F3NO3/c1-15(2,3)20-8-12(13(9-20)14(21)22)10-4-6-11(7-5-10)23-16(17,18)19/h4-7,12-13H,8-9H2,1-3H3,(H,21,22)/t12-,13+/m0/s1. The highest BCUT2D eigenvalue weighted by molar-refractivity contribution is 5.72. The van der Waals surface area contributed by atoms with Gasteiger partial charge in [-0.3, -0.25) is 9.69 Å². The van der Waals surface area contributed by atoms with Crippen molar-refractivity contribution in [2.24, 2.45) is 5.92 Å². The number of ether oxygens (including phenoxy) is 1. The highest BCUT2D eigenvalue weighted by atomic mass is 19.4. The van der Waals surface area contributed by atoms with Crippen molar-refractivity contribution in [3.8, 4) is 5.75 Å². The number of benzene rings is 1. The summed E-state index contributed by atoms with van der Waals surface area (Å²) in [5.41, 5.74) is 0.542. The Morgan fingerprint density at radius 1 is 1.17 bits per heavy atom. The number of carboxylic acids is 1. The largest absolute Gasteiger partial charge is 0.573 e. The third kappa shape index (κ3) is 4.37. The number of aliphatic carboxylic acids is 1. The summed E-state index contributed by atoms with van der Waals surface area (Å²) in [7, 11) is 0. The lowest BCUT2D eigenvalue weighted by molar-refractivity contribution is -0.274. The molecule has 2 atom stereocenters. The lowest BCUT2D eigenvalue weighted by atomic mass is 9.89. The van der Waals surface area contributed by atoms with E-state index in [-0.39, 0.29) is 17.2 Å². The Hall–Kier alpha value is -1.76. The van der Waals surface area contributed by atoms with E-state index in [1.165, 1.54) is 24.3 Å². The predicted molar refractivity (Wildman–Crippen MR) is 78.3 cm³/mol. The SMILES string of the molecule is CC(C)(C)N1C[C@@H](C(=O)O)[C@H](c2ccc(OC(F)(F)F)cc2)C1. The molecule has 0 amide bonds. The summed E-state index contributed by atoms with van der Waals surface area (Å²) >= 11 is 0. The molecule has 23 heavy (non-hydrogen) atoms. The van der Waals surface area contributed by atoms with Gasteiger partial charge in [0.15, 0.2) is 0 Å². The van der Waals surface area contributed by atoms with Crippen molar-refractivity contribution in [3.05, 3.63) is 29.8 Å². The number of halogens is 3. The first kappa shape index (κ1) is 17.6. The molecule has 128 valence electrons. The van der Waals surface area contributed by atoms with Crippen LogP contribution in [0.2, 0.25) is 0 Å². The minimum Gasteiger partial charge on any atom is -0.481 e. The van der Waals surface area contributed by atoms with Crippen LogP contribution in [0.25, 0.3) is 0 Å². The Morgan fingerprint density at radius 2 is 1.74 bits per heavy atom. The normalized spacial score (nSPS) is 23.0. The summed E-state index contributed by atoms with van der Waals surface area (Å²) in [6.45, 7) is 7.00. The van der Waals surface area contributed by atoms with Crippen LogP contribution in [0.15, 0.2) is 24.3 Å². The smallest absolute Gasteiger partial charge is 0.481 e. The Labute approximate surface area is 132 Å². The van der Waals surface area contributed by atoms with Gasteiger partial charge in [-0.05, 0) is 38.5 Å². The second kappa shape index (κ2) is 6.03. The molecule has 4 nitrogen and oxygen atoms in total. The van der Waals surface area contributed by atoms with E-state index < -0.39 is 18.2 Å². The first-order valence-electron chi connectivity index (χ1n) is 7.31. The van der Waals surface area contributed by atoms with Crippen LogP contribution >= 0.6 is 0 Å². The summed E-state index contributed by atoms with van der Waals surface area (Å²) in [6.07, 6.45) is -4.73. The van der Waals surface area contributed by atoms with Crippen LogP contribution in [0.3, 0.4) is 0 Å². The molecule has 0 aromatic heterocycles. The number of rotatable bonds is 3. The summed E-state index contributed by atoms with van der Waals surface area (Å²) in [4.78, 5) is 13.6. The third-order valence-corrected chi connectivity index (χ3v) is 4.13. The minimum atomic E-state index is -4.73. The second-order valence-corrected chi connectivity index (χ2v) is 6.74. The van der Waals surface area contributed by atoms with Crippen LogP contribution in [0.4, 0.5) is 13.2 Å². The van der Waals surface area contributed by atoms with Gasteiger partial charge in [-0.2, -0.15) is 0 Å². The van der Waals surface area contributed by atoms with Gasteiger partial charge in [-0.1, -0.05) is 12.1 Å². The van der Waals surface area contributed by atoms with Gasteiger partial charge in [0.25, 0.3) is 0 Å². The van der Waals surface area contributed by atoms with Crippen molar-refractivity contribution < 1.29 is 27.8 Å². The van der Waals surface area contributed by atoms with Crippen LogP contribution in [0.5, 0.6) is 5.75 Å². The van der Waals surface area contributed by atoms with Gasteiger partial charge in [-0.15, -0.1) is 13.2 Å². The monoisotopic (exact) mass is 331 g/mol. The van der Waals surface area contributed by atoms with Crippen LogP contribution in [-0.2, 0) is 4.79 Å². The number of nitrogens with zero attached hydrogens (tertiary/aromatic N) is 1. The van der Waals surface area contributed by atoms with Gasteiger partial charge in [0, 0.05) is 24.5 Å². The van der Waals surface area contributed by atoms with E-state index in [2.05, 4.69) is 9.64 Å². The Bertz CT molecular complexity index is 563. The van der Waals surface area contributed by atoms with Crippen LogP contribution in [0, 0.1) is 5.92 Å². The van der Waals surface area contributed by atoms with Crippen molar-refractivity contribution in [1.82, 2.24) is 4.90 Å². The maximum Gasteiger partial charge on any atom is 0.573 e. The maximum atomic E-state index is 12.2. The highest BCUT2D eigenvalue weighted by Gasteiger charge is 2.42. The van der Waals surface area contributed by atoms with E-state index in [9.17, 15) is 23.1 Å². The van der Waals surface area contributed by atoms with E-state index >= 15 is 0 Å². The van der Waals surface area contributed by atoms with E-state index in [1.807, 2.05) is 20.8 Å². The number of likely N-dealkylation sites (tertiary alicyclic amines) is 1. The quantitative estimate of drug-likeness (QED) is 0.921. The Morgan fingerprint density at radius 3 is 2.17 bits per heavy atom. The Kier molecular flexibility index (Phi) is 4.61. The van der Waals surface area contributed by atoms with Gasteiger partial charge in [0.1, 0.15) is 5.75 Å². The van der Waals surface area contributed by atoms with Crippen LogP contribution < -0.4 is 4.74 Å². The van der Waals surface area contributed by atoms with Crippen molar-refractivity contribution in [2.45, 2.75) is 38.6 Å².